The summed E-state index contributed by atoms with van der Waals surface area (Å²) >= 11 is 0.958. The van der Waals surface area contributed by atoms with Gasteiger partial charge in [-0.3, -0.25) is 4.79 Å². The van der Waals surface area contributed by atoms with Gasteiger partial charge in [0, 0.05) is 0 Å². The lowest BCUT2D eigenvalue weighted by Crippen LogP contribution is -2.21. The maximum absolute atomic E-state index is 12.5. The van der Waals surface area contributed by atoms with Crippen LogP contribution in [-0.2, 0) is 14.3 Å². The molecule has 0 unspecified atom stereocenters. The van der Waals surface area contributed by atoms with Gasteiger partial charge in [-0.2, -0.15) is 0 Å². The minimum absolute atomic E-state index is 0.0379. The molecule has 0 bridgehead atoms. The smallest absolute Gasteiger partial charge is 0.348 e. The fraction of sp³-hybridized carbons (Fsp3) is 0.318. The zero-order chi connectivity index (χ0) is 22.3. The minimum atomic E-state index is -0.625. The summed E-state index contributed by atoms with van der Waals surface area (Å²) in [6.45, 7) is 10.5. The van der Waals surface area contributed by atoms with Crippen LogP contribution in [0.15, 0.2) is 30.9 Å². The molecule has 2 aromatic rings. The first-order valence-electron chi connectivity index (χ1n) is 9.37. The first-order chi connectivity index (χ1) is 14.3. The predicted molar refractivity (Wildman–Crippen MR) is 116 cm³/mol. The van der Waals surface area contributed by atoms with Crippen LogP contribution in [0.2, 0.25) is 0 Å². The van der Waals surface area contributed by atoms with Gasteiger partial charge in [0.2, 0.25) is 0 Å². The number of carbonyl (C=O) groups is 3. The van der Waals surface area contributed by atoms with E-state index in [1.54, 1.807) is 13.8 Å². The van der Waals surface area contributed by atoms with E-state index in [1.165, 1.54) is 6.08 Å². The van der Waals surface area contributed by atoms with Crippen LogP contribution in [0, 0.1) is 20.8 Å². The van der Waals surface area contributed by atoms with Gasteiger partial charge in [0.1, 0.15) is 22.2 Å². The Bertz CT molecular complexity index is 943. The van der Waals surface area contributed by atoms with Crippen LogP contribution >= 0.6 is 11.3 Å². The maximum Gasteiger partial charge on any atom is 0.348 e. The quantitative estimate of drug-likeness (QED) is 0.472. The second-order valence-electron chi connectivity index (χ2n) is 6.43. The number of hydrogen-bond donors (Lipinski definition) is 1. The Labute approximate surface area is 179 Å². The van der Waals surface area contributed by atoms with Gasteiger partial charge in [-0.15, -0.1) is 11.3 Å². The molecule has 2 rings (SSSR count). The van der Waals surface area contributed by atoms with Gasteiger partial charge in [-0.25, -0.2) is 9.59 Å². The highest BCUT2D eigenvalue weighted by Gasteiger charge is 2.27. The highest BCUT2D eigenvalue weighted by molar-refractivity contribution is 7.18. The highest BCUT2D eigenvalue weighted by atomic mass is 32.1. The van der Waals surface area contributed by atoms with E-state index in [-0.39, 0.29) is 35.3 Å². The lowest BCUT2D eigenvalue weighted by molar-refractivity contribution is -0.118. The molecule has 1 aromatic carbocycles. The van der Waals surface area contributed by atoms with E-state index in [0.29, 0.717) is 11.3 Å². The molecule has 1 aromatic heterocycles. The molecule has 0 saturated heterocycles. The molecule has 0 aliphatic carbocycles. The summed E-state index contributed by atoms with van der Waals surface area (Å²) in [5.74, 6) is -1.06. The molecule has 8 heteroatoms. The van der Waals surface area contributed by atoms with E-state index >= 15 is 0 Å². The molecule has 1 heterocycles. The van der Waals surface area contributed by atoms with Crippen LogP contribution in [-0.4, -0.2) is 37.7 Å². The molecular weight excluding hydrogens is 406 g/mol. The van der Waals surface area contributed by atoms with E-state index in [0.717, 1.165) is 22.5 Å². The van der Waals surface area contributed by atoms with Crippen molar-refractivity contribution in [2.24, 2.45) is 0 Å². The monoisotopic (exact) mass is 431 g/mol. The molecular formula is C22H25NO6S. The van der Waals surface area contributed by atoms with Crippen molar-refractivity contribution in [3.8, 4) is 5.75 Å². The molecule has 0 atom stereocenters. The Morgan fingerprint density at radius 2 is 1.77 bits per heavy atom. The topological polar surface area (TPSA) is 90.9 Å². The summed E-state index contributed by atoms with van der Waals surface area (Å²) in [4.78, 5) is 37.4. The summed E-state index contributed by atoms with van der Waals surface area (Å²) in [5, 5.41) is 2.87. The molecule has 30 heavy (non-hydrogen) atoms. The number of anilines is 1. The van der Waals surface area contributed by atoms with Gasteiger partial charge >= 0.3 is 11.9 Å². The Morgan fingerprint density at radius 1 is 1.10 bits per heavy atom. The average molecular weight is 432 g/mol. The normalized spacial score (nSPS) is 10.3. The van der Waals surface area contributed by atoms with Crippen molar-refractivity contribution in [3.63, 3.8) is 0 Å². The molecule has 1 amide bonds. The van der Waals surface area contributed by atoms with Crippen LogP contribution < -0.4 is 10.1 Å². The third kappa shape index (κ3) is 5.48. The van der Waals surface area contributed by atoms with Crippen molar-refractivity contribution < 1.29 is 28.6 Å². The fourth-order valence-corrected chi connectivity index (χ4v) is 3.88. The summed E-state index contributed by atoms with van der Waals surface area (Å²) in [7, 11) is 0. The number of benzene rings is 1. The molecule has 0 saturated carbocycles. The first kappa shape index (κ1) is 23.2. The SMILES string of the molecule is C=CCOC(=O)c1sc(NC(=O)COc2c(C)cccc2C)c(C(=O)OCC)c1C. The minimum Gasteiger partial charge on any atom is -0.483 e. The number of carbonyl (C=O) groups excluding carboxylic acids is 3. The second kappa shape index (κ2) is 10.6. The Kier molecular flexibility index (Phi) is 8.17. The van der Waals surface area contributed by atoms with Crippen molar-refractivity contribution >= 4 is 34.2 Å². The number of para-hydroxylation sites is 1. The zero-order valence-electron chi connectivity index (χ0n) is 17.5. The summed E-state index contributed by atoms with van der Waals surface area (Å²) in [6, 6.07) is 5.69. The van der Waals surface area contributed by atoms with Crippen molar-refractivity contribution in [1.82, 2.24) is 0 Å². The second-order valence-corrected chi connectivity index (χ2v) is 7.45. The van der Waals surface area contributed by atoms with E-state index < -0.39 is 17.8 Å². The molecule has 1 N–H and O–H groups in total. The lowest BCUT2D eigenvalue weighted by atomic mass is 10.1. The summed E-state index contributed by atoms with van der Waals surface area (Å²) in [5.41, 5.74) is 2.34. The largest absolute Gasteiger partial charge is 0.483 e. The number of esters is 2. The van der Waals surface area contributed by atoms with E-state index in [1.807, 2.05) is 32.0 Å². The van der Waals surface area contributed by atoms with Gasteiger partial charge in [0.15, 0.2) is 6.61 Å². The van der Waals surface area contributed by atoms with Crippen LogP contribution in [0.5, 0.6) is 5.75 Å². The van der Waals surface area contributed by atoms with Gasteiger partial charge in [-0.1, -0.05) is 30.9 Å². The summed E-state index contributed by atoms with van der Waals surface area (Å²) in [6.07, 6.45) is 1.45. The van der Waals surface area contributed by atoms with Crippen molar-refractivity contribution in [1.29, 1.82) is 0 Å². The molecule has 160 valence electrons. The molecule has 0 aliphatic rings. The van der Waals surface area contributed by atoms with Crippen molar-refractivity contribution in [3.05, 3.63) is 58.0 Å². The first-order valence-corrected chi connectivity index (χ1v) is 10.2. The van der Waals surface area contributed by atoms with Crippen LogP contribution in [0.1, 0.15) is 43.6 Å². The maximum atomic E-state index is 12.5. The Hall–Kier alpha value is -3.13. The third-order valence-corrected chi connectivity index (χ3v) is 5.34. The summed E-state index contributed by atoms with van der Waals surface area (Å²) < 4.78 is 15.8. The van der Waals surface area contributed by atoms with Crippen LogP contribution in [0.25, 0.3) is 0 Å². The number of thiophene rings is 1. The van der Waals surface area contributed by atoms with Gasteiger partial charge in [-0.05, 0) is 44.4 Å². The fourth-order valence-electron chi connectivity index (χ4n) is 2.77. The van der Waals surface area contributed by atoms with E-state index in [2.05, 4.69) is 11.9 Å². The number of amides is 1. The Morgan fingerprint density at radius 3 is 2.37 bits per heavy atom. The predicted octanol–water partition coefficient (Wildman–Crippen LogP) is 4.21. The van der Waals surface area contributed by atoms with Gasteiger partial charge in [0.25, 0.3) is 5.91 Å². The molecule has 0 radical (unpaired) electrons. The number of hydrogen-bond acceptors (Lipinski definition) is 7. The number of nitrogens with one attached hydrogen (secondary N) is 1. The Balaban J connectivity index is 2.23. The number of aryl methyl sites for hydroxylation is 2. The number of ether oxygens (including phenoxy) is 3. The molecule has 7 nitrogen and oxygen atoms in total. The van der Waals surface area contributed by atoms with Crippen molar-refractivity contribution in [2.45, 2.75) is 27.7 Å². The zero-order valence-corrected chi connectivity index (χ0v) is 18.3. The molecule has 0 aliphatic heterocycles. The molecule has 0 fully saturated rings. The van der Waals surface area contributed by atoms with Crippen molar-refractivity contribution in [2.75, 3.05) is 25.1 Å². The van der Waals surface area contributed by atoms with Gasteiger partial charge in [0.05, 0.1) is 12.2 Å². The van der Waals surface area contributed by atoms with Gasteiger partial charge < -0.3 is 19.5 Å². The molecule has 0 spiro atoms. The number of rotatable bonds is 9. The van der Waals surface area contributed by atoms with E-state index in [4.69, 9.17) is 14.2 Å². The lowest BCUT2D eigenvalue weighted by Gasteiger charge is -2.12. The van der Waals surface area contributed by atoms with E-state index in [9.17, 15) is 14.4 Å². The third-order valence-electron chi connectivity index (χ3n) is 4.15. The average Bonchev–Trinajstić information content (AvgIpc) is 3.01. The van der Waals surface area contributed by atoms with Crippen LogP contribution in [0.4, 0.5) is 5.00 Å². The highest BCUT2D eigenvalue weighted by Crippen LogP contribution is 2.34. The standard InChI is InChI=1S/C22H25NO6S/c1-6-11-28-22(26)19-15(5)17(21(25)27-7-2)20(30-19)23-16(24)12-29-18-13(3)9-8-10-14(18)4/h6,8-10H,1,7,11-12H2,2-5H3,(H,23,24). The van der Waals surface area contributed by atoms with Crippen LogP contribution in [0.3, 0.4) is 0 Å².